The first-order chi connectivity index (χ1) is 9.92. The van der Waals surface area contributed by atoms with Crippen molar-refractivity contribution in [1.82, 2.24) is 5.32 Å². The fraction of sp³-hybridized carbons (Fsp3) is 0.562. The number of carbonyl (C=O) groups is 1. The number of hydrogen-bond donors (Lipinski definition) is 1. The zero-order valence-corrected chi connectivity index (χ0v) is 13.4. The molecule has 0 aliphatic heterocycles. The number of amides is 1. The minimum absolute atomic E-state index is 0.0680. The molecule has 4 nitrogen and oxygen atoms in total. The van der Waals surface area contributed by atoms with Gasteiger partial charge in [0.05, 0.1) is 10.6 Å². The van der Waals surface area contributed by atoms with E-state index in [1.165, 1.54) is 18.6 Å². The summed E-state index contributed by atoms with van der Waals surface area (Å²) in [6.45, 7) is 3.82. The van der Waals surface area contributed by atoms with Crippen LogP contribution in [0.1, 0.15) is 49.9 Å². The molecule has 0 saturated heterocycles. The van der Waals surface area contributed by atoms with E-state index in [2.05, 4.69) is 12.2 Å². The van der Waals surface area contributed by atoms with E-state index < -0.39 is 9.84 Å². The first kappa shape index (κ1) is 16.0. The van der Waals surface area contributed by atoms with Gasteiger partial charge in [0.1, 0.15) is 0 Å². The summed E-state index contributed by atoms with van der Waals surface area (Å²) < 4.78 is 23.5. The number of hydrogen-bond acceptors (Lipinski definition) is 3. The topological polar surface area (TPSA) is 63.2 Å². The maximum atomic E-state index is 12.2. The van der Waals surface area contributed by atoms with Gasteiger partial charge >= 0.3 is 0 Å². The fourth-order valence-electron chi connectivity index (χ4n) is 2.81. The van der Waals surface area contributed by atoms with Crippen LogP contribution in [-0.2, 0) is 9.84 Å². The van der Waals surface area contributed by atoms with Gasteiger partial charge in [-0.2, -0.15) is 0 Å². The Morgan fingerprint density at radius 3 is 2.48 bits per heavy atom. The molecule has 1 aromatic carbocycles. The summed E-state index contributed by atoms with van der Waals surface area (Å²) in [5.41, 5.74) is 0.517. The Balaban J connectivity index is 2.03. The van der Waals surface area contributed by atoms with Crippen molar-refractivity contribution in [2.45, 2.75) is 50.5 Å². The predicted molar refractivity (Wildman–Crippen MR) is 83.1 cm³/mol. The van der Waals surface area contributed by atoms with E-state index in [1.807, 2.05) is 0 Å². The van der Waals surface area contributed by atoms with Crippen molar-refractivity contribution < 1.29 is 13.2 Å². The molecular formula is C16H23NO3S. The Bertz CT molecular complexity index is 592. The first-order valence-corrected chi connectivity index (χ1v) is 9.21. The largest absolute Gasteiger partial charge is 0.349 e. The van der Waals surface area contributed by atoms with Gasteiger partial charge in [-0.05, 0) is 43.0 Å². The van der Waals surface area contributed by atoms with Crippen molar-refractivity contribution in [3.63, 3.8) is 0 Å². The van der Waals surface area contributed by atoms with Crippen LogP contribution in [0.4, 0.5) is 0 Å². The van der Waals surface area contributed by atoms with Crippen LogP contribution >= 0.6 is 0 Å². The van der Waals surface area contributed by atoms with Crippen molar-refractivity contribution in [1.29, 1.82) is 0 Å². The zero-order chi connectivity index (χ0) is 15.5. The molecule has 1 N–H and O–H groups in total. The minimum Gasteiger partial charge on any atom is -0.349 e. The van der Waals surface area contributed by atoms with Gasteiger partial charge in [-0.1, -0.05) is 26.7 Å². The van der Waals surface area contributed by atoms with E-state index in [-0.39, 0.29) is 22.6 Å². The van der Waals surface area contributed by atoms with E-state index in [4.69, 9.17) is 0 Å². The summed E-state index contributed by atoms with van der Waals surface area (Å²) in [6.07, 6.45) is 4.43. The predicted octanol–water partition coefficient (Wildman–Crippen LogP) is 2.79. The van der Waals surface area contributed by atoms with Gasteiger partial charge in [-0.15, -0.1) is 0 Å². The third-order valence-electron chi connectivity index (χ3n) is 4.13. The molecule has 0 unspecified atom stereocenters. The Labute approximate surface area is 126 Å². The van der Waals surface area contributed by atoms with E-state index in [0.717, 1.165) is 19.3 Å². The summed E-state index contributed by atoms with van der Waals surface area (Å²) in [7, 11) is -3.21. The monoisotopic (exact) mass is 309 g/mol. The highest BCUT2D eigenvalue weighted by Crippen LogP contribution is 2.23. The van der Waals surface area contributed by atoms with Gasteiger partial charge in [0.15, 0.2) is 9.84 Å². The molecule has 0 spiro atoms. The molecule has 1 saturated carbocycles. The van der Waals surface area contributed by atoms with Crippen molar-refractivity contribution in [3.8, 4) is 0 Å². The van der Waals surface area contributed by atoms with Gasteiger partial charge in [-0.25, -0.2) is 8.42 Å². The van der Waals surface area contributed by atoms with E-state index in [0.29, 0.717) is 11.5 Å². The van der Waals surface area contributed by atoms with Crippen molar-refractivity contribution in [3.05, 3.63) is 29.8 Å². The number of nitrogens with one attached hydrogen (secondary N) is 1. The zero-order valence-electron chi connectivity index (χ0n) is 12.6. The Morgan fingerprint density at radius 2 is 1.90 bits per heavy atom. The van der Waals surface area contributed by atoms with Crippen LogP contribution in [0.25, 0.3) is 0 Å². The van der Waals surface area contributed by atoms with E-state index in [1.54, 1.807) is 19.1 Å². The van der Waals surface area contributed by atoms with Gasteiger partial charge in [0, 0.05) is 11.6 Å². The highest BCUT2D eigenvalue weighted by Gasteiger charge is 2.21. The lowest BCUT2D eigenvalue weighted by Gasteiger charge is -2.27. The average Bonchev–Trinajstić information content (AvgIpc) is 2.47. The molecule has 21 heavy (non-hydrogen) atoms. The van der Waals surface area contributed by atoms with Crippen molar-refractivity contribution >= 4 is 15.7 Å². The maximum absolute atomic E-state index is 12.2. The van der Waals surface area contributed by atoms with Crippen LogP contribution in [0.15, 0.2) is 29.2 Å². The van der Waals surface area contributed by atoms with Crippen LogP contribution in [-0.4, -0.2) is 26.1 Å². The van der Waals surface area contributed by atoms with Crippen LogP contribution in [0.2, 0.25) is 0 Å². The molecule has 0 radical (unpaired) electrons. The SMILES string of the molecule is CCS(=O)(=O)c1ccc(C(=O)N[C@@H]2CCC[C@H](C)C2)cc1. The first-order valence-electron chi connectivity index (χ1n) is 7.56. The van der Waals surface area contributed by atoms with Crippen LogP contribution in [0.3, 0.4) is 0 Å². The second-order valence-electron chi connectivity index (χ2n) is 5.87. The van der Waals surface area contributed by atoms with Crippen LogP contribution < -0.4 is 5.32 Å². The van der Waals surface area contributed by atoms with Gasteiger partial charge in [0.25, 0.3) is 5.91 Å². The standard InChI is InChI=1S/C16H23NO3S/c1-3-21(19,20)15-9-7-13(8-10-15)16(18)17-14-6-4-5-12(2)11-14/h7-10,12,14H,3-6,11H2,1-2H3,(H,17,18)/t12-,14+/m0/s1. The summed E-state index contributed by atoms with van der Waals surface area (Å²) >= 11 is 0. The molecule has 116 valence electrons. The molecule has 5 heteroatoms. The smallest absolute Gasteiger partial charge is 0.251 e. The molecular weight excluding hydrogens is 286 g/mol. The highest BCUT2D eigenvalue weighted by molar-refractivity contribution is 7.91. The normalized spacial score (nSPS) is 22.8. The van der Waals surface area contributed by atoms with Gasteiger partial charge in [0.2, 0.25) is 0 Å². The molecule has 0 bridgehead atoms. The average molecular weight is 309 g/mol. The van der Waals surface area contributed by atoms with E-state index >= 15 is 0 Å². The lowest BCUT2D eigenvalue weighted by molar-refractivity contribution is 0.0921. The third-order valence-corrected chi connectivity index (χ3v) is 5.88. The molecule has 1 fully saturated rings. The number of benzene rings is 1. The quantitative estimate of drug-likeness (QED) is 0.930. The molecule has 2 atom stereocenters. The summed E-state index contributed by atoms with van der Waals surface area (Å²) in [6, 6.07) is 6.43. The molecule has 1 aliphatic carbocycles. The van der Waals surface area contributed by atoms with Gasteiger partial charge < -0.3 is 5.32 Å². The molecule has 0 aromatic heterocycles. The molecule has 1 aromatic rings. The Kier molecular flexibility index (Phi) is 5.04. The molecule has 1 amide bonds. The molecule has 1 aliphatic rings. The summed E-state index contributed by atoms with van der Waals surface area (Å²) in [5.74, 6) is 0.606. The van der Waals surface area contributed by atoms with Gasteiger partial charge in [-0.3, -0.25) is 4.79 Å². The second kappa shape index (κ2) is 6.60. The minimum atomic E-state index is -3.21. The number of carbonyl (C=O) groups excluding carboxylic acids is 1. The summed E-state index contributed by atoms with van der Waals surface area (Å²) in [4.78, 5) is 12.5. The Hall–Kier alpha value is -1.36. The van der Waals surface area contributed by atoms with Crippen LogP contribution in [0, 0.1) is 5.92 Å². The lowest BCUT2D eigenvalue weighted by atomic mass is 9.87. The van der Waals surface area contributed by atoms with Crippen molar-refractivity contribution in [2.75, 3.05) is 5.75 Å². The number of sulfone groups is 1. The fourth-order valence-corrected chi connectivity index (χ4v) is 3.70. The van der Waals surface area contributed by atoms with Crippen LogP contribution in [0.5, 0.6) is 0 Å². The number of rotatable bonds is 4. The highest BCUT2D eigenvalue weighted by atomic mass is 32.2. The van der Waals surface area contributed by atoms with E-state index in [9.17, 15) is 13.2 Å². The maximum Gasteiger partial charge on any atom is 0.251 e. The third kappa shape index (κ3) is 4.06. The van der Waals surface area contributed by atoms with Crippen molar-refractivity contribution in [2.24, 2.45) is 5.92 Å². The molecule has 2 rings (SSSR count). The molecule has 0 heterocycles. The summed E-state index contributed by atoms with van der Waals surface area (Å²) in [5, 5.41) is 3.05. The second-order valence-corrected chi connectivity index (χ2v) is 8.15. The lowest BCUT2D eigenvalue weighted by Crippen LogP contribution is -2.37. The Morgan fingerprint density at radius 1 is 1.24 bits per heavy atom.